The average Bonchev–Trinajstić information content (AvgIpc) is 2.81. The van der Waals surface area contributed by atoms with Crippen LogP contribution in [0, 0.1) is 0 Å². The number of benzene rings is 1. The van der Waals surface area contributed by atoms with Crippen molar-refractivity contribution in [2.24, 2.45) is 0 Å². The second-order valence-electron chi connectivity index (χ2n) is 4.46. The van der Waals surface area contributed by atoms with E-state index in [1.165, 1.54) is 11.1 Å². The van der Waals surface area contributed by atoms with E-state index in [-0.39, 0.29) is 0 Å². The van der Waals surface area contributed by atoms with Gasteiger partial charge in [-0.25, -0.2) is 4.98 Å². The molecule has 90 valence electrons. The van der Waals surface area contributed by atoms with Gasteiger partial charge in [0.2, 0.25) is 0 Å². The molecule has 0 aliphatic heterocycles. The van der Waals surface area contributed by atoms with Gasteiger partial charge in [-0.05, 0) is 17.5 Å². The van der Waals surface area contributed by atoms with Crippen molar-refractivity contribution >= 4 is 0 Å². The SMILES string of the molecule is COc1ccc(C(C)C)cc1Cn1ccnc1. The maximum absolute atomic E-state index is 5.40. The molecule has 0 saturated carbocycles. The smallest absolute Gasteiger partial charge is 0.123 e. The molecule has 0 aliphatic rings. The van der Waals surface area contributed by atoms with Crippen LogP contribution in [0.5, 0.6) is 5.75 Å². The van der Waals surface area contributed by atoms with Crippen LogP contribution in [0.1, 0.15) is 30.9 Å². The Morgan fingerprint density at radius 3 is 2.76 bits per heavy atom. The molecule has 0 N–H and O–H groups in total. The molecule has 3 nitrogen and oxygen atoms in total. The molecular formula is C14H18N2O. The predicted molar refractivity (Wildman–Crippen MR) is 68.4 cm³/mol. The minimum absolute atomic E-state index is 0.530. The van der Waals surface area contributed by atoms with Crippen molar-refractivity contribution in [3.63, 3.8) is 0 Å². The molecule has 0 spiro atoms. The summed E-state index contributed by atoms with van der Waals surface area (Å²) in [5.74, 6) is 1.46. The summed E-state index contributed by atoms with van der Waals surface area (Å²) in [6.45, 7) is 5.19. The first-order chi connectivity index (χ1) is 8.20. The van der Waals surface area contributed by atoms with Gasteiger partial charge in [0, 0.05) is 18.0 Å². The van der Waals surface area contributed by atoms with E-state index >= 15 is 0 Å². The quantitative estimate of drug-likeness (QED) is 0.807. The molecule has 1 aromatic carbocycles. The number of aromatic nitrogens is 2. The second-order valence-corrected chi connectivity index (χ2v) is 4.46. The van der Waals surface area contributed by atoms with Gasteiger partial charge in [0.15, 0.2) is 0 Å². The number of ether oxygens (including phenoxy) is 1. The number of methoxy groups -OCH3 is 1. The minimum atomic E-state index is 0.530. The molecule has 2 aromatic rings. The van der Waals surface area contributed by atoms with Crippen molar-refractivity contribution in [3.05, 3.63) is 48.0 Å². The van der Waals surface area contributed by atoms with Gasteiger partial charge in [0.1, 0.15) is 5.75 Å². The molecule has 0 fully saturated rings. The van der Waals surface area contributed by atoms with Gasteiger partial charge in [-0.3, -0.25) is 0 Å². The predicted octanol–water partition coefficient (Wildman–Crippen LogP) is 3.06. The van der Waals surface area contributed by atoms with E-state index in [1.54, 1.807) is 13.3 Å². The Morgan fingerprint density at radius 2 is 2.18 bits per heavy atom. The normalized spacial score (nSPS) is 10.8. The highest BCUT2D eigenvalue weighted by atomic mass is 16.5. The van der Waals surface area contributed by atoms with Crippen LogP contribution in [0.2, 0.25) is 0 Å². The van der Waals surface area contributed by atoms with Gasteiger partial charge in [-0.2, -0.15) is 0 Å². The number of nitrogens with zero attached hydrogens (tertiary/aromatic N) is 2. The number of rotatable bonds is 4. The maximum atomic E-state index is 5.40. The Kier molecular flexibility index (Phi) is 3.47. The van der Waals surface area contributed by atoms with Gasteiger partial charge in [0.05, 0.1) is 20.0 Å². The lowest BCUT2D eigenvalue weighted by Crippen LogP contribution is -2.01. The van der Waals surface area contributed by atoms with Crippen molar-refractivity contribution < 1.29 is 4.74 Å². The zero-order valence-electron chi connectivity index (χ0n) is 10.6. The Morgan fingerprint density at radius 1 is 1.35 bits per heavy atom. The molecule has 0 amide bonds. The number of imidazole rings is 1. The minimum Gasteiger partial charge on any atom is -0.496 e. The lowest BCUT2D eigenvalue weighted by molar-refractivity contribution is 0.408. The monoisotopic (exact) mass is 230 g/mol. The molecule has 0 bridgehead atoms. The first-order valence-electron chi connectivity index (χ1n) is 5.83. The van der Waals surface area contributed by atoms with E-state index in [1.807, 2.05) is 23.2 Å². The van der Waals surface area contributed by atoms with Crippen LogP contribution in [-0.2, 0) is 6.54 Å². The first-order valence-corrected chi connectivity index (χ1v) is 5.83. The molecule has 0 atom stereocenters. The third kappa shape index (κ3) is 2.67. The fourth-order valence-corrected chi connectivity index (χ4v) is 1.86. The zero-order valence-corrected chi connectivity index (χ0v) is 10.6. The van der Waals surface area contributed by atoms with Crippen LogP contribution >= 0.6 is 0 Å². The summed E-state index contributed by atoms with van der Waals surface area (Å²) in [6, 6.07) is 6.38. The van der Waals surface area contributed by atoms with Crippen molar-refractivity contribution in [2.75, 3.05) is 7.11 Å². The summed E-state index contributed by atoms with van der Waals surface area (Å²) in [4.78, 5) is 4.05. The van der Waals surface area contributed by atoms with Crippen molar-refractivity contribution in [1.29, 1.82) is 0 Å². The topological polar surface area (TPSA) is 27.1 Å². The van der Waals surface area contributed by atoms with Gasteiger partial charge in [-0.1, -0.05) is 26.0 Å². The molecular weight excluding hydrogens is 212 g/mol. The molecule has 1 aromatic heterocycles. The lowest BCUT2D eigenvalue weighted by atomic mass is 10.0. The van der Waals surface area contributed by atoms with Crippen LogP contribution in [0.4, 0.5) is 0 Å². The van der Waals surface area contributed by atoms with Crippen molar-refractivity contribution in [2.45, 2.75) is 26.3 Å². The van der Waals surface area contributed by atoms with E-state index in [2.05, 4.69) is 31.0 Å². The number of hydrogen-bond donors (Lipinski definition) is 0. The largest absolute Gasteiger partial charge is 0.496 e. The van der Waals surface area contributed by atoms with E-state index in [0.717, 1.165) is 12.3 Å². The van der Waals surface area contributed by atoms with Gasteiger partial charge < -0.3 is 9.30 Å². The molecule has 0 unspecified atom stereocenters. The Labute approximate surface area is 102 Å². The van der Waals surface area contributed by atoms with Gasteiger partial charge in [-0.15, -0.1) is 0 Å². The van der Waals surface area contributed by atoms with E-state index in [9.17, 15) is 0 Å². The van der Waals surface area contributed by atoms with Crippen LogP contribution in [0.15, 0.2) is 36.9 Å². The summed E-state index contributed by atoms with van der Waals surface area (Å²) in [5, 5.41) is 0. The third-order valence-corrected chi connectivity index (χ3v) is 2.88. The molecule has 1 heterocycles. The highest BCUT2D eigenvalue weighted by Crippen LogP contribution is 2.24. The maximum Gasteiger partial charge on any atom is 0.123 e. The van der Waals surface area contributed by atoms with Gasteiger partial charge >= 0.3 is 0 Å². The molecule has 0 radical (unpaired) electrons. The summed E-state index contributed by atoms with van der Waals surface area (Å²) >= 11 is 0. The molecule has 0 saturated heterocycles. The van der Waals surface area contributed by atoms with Crippen LogP contribution in [-0.4, -0.2) is 16.7 Å². The van der Waals surface area contributed by atoms with Crippen molar-refractivity contribution in [3.8, 4) is 5.75 Å². The van der Waals surface area contributed by atoms with E-state index in [0.29, 0.717) is 5.92 Å². The van der Waals surface area contributed by atoms with E-state index < -0.39 is 0 Å². The molecule has 17 heavy (non-hydrogen) atoms. The van der Waals surface area contributed by atoms with Crippen LogP contribution < -0.4 is 4.74 Å². The number of hydrogen-bond acceptors (Lipinski definition) is 2. The molecule has 2 rings (SSSR count). The van der Waals surface area contributed by atoms with Gasteiger partial charge in [0.25, 0.3) is 0 Å². The zero-order chi connectivity index (χ0) is 12.3. The average molecular weight is 230 g/mol. The molecule has 0 aliphatic carbocycles. The Bertz CT molecular complexity index is 475. The lowest BCUT2D eigenvalue weighted by Gasteiger charge is -2.13. The summed E-state index contributed by atoms with van der Waals surface area (Å²) in [7, 11) is 1.71. The van der Waals surface area contributed by atoms with Crippen LogP contribution in [0.3, 0.4) is 0 Å². The Balaban J connectivity index is 2.32. The highest BCUT2D eigenvalue weighted by molar-refractivity contribution is 5.38. The highest BCUT2D eigenvalue weighted by Gasteiger charge is 2.07. The fourth-order valence-electron chi connectivity index (χ4n) is 1.86. The Hall–Kier alpha value is -1.77. The third-order valence-electron chi connectivity index (χ3n) is 2.88. The summed E-state index contributed by atoms with van der Waals surface area (Å²) in [6.07, 6.45) is 5.57. The van der Waals surface area contributed by atoms with Crippen LogP contribution in [0.25, 0.3) is 0 Å². The van der Waals surface area contributed by atoms with Crippen molar-refractivity contribution in [1.82, 2.24) is 9.55 Å². The summed E-state index contributed by atoms with van der Waals surface area (Å²) in [5.41, 5.74) is 2.53. The van der Waals surface area contributed by atoms with E-state index in [4.69, 9.17) is 4.74 Å². The summed E-state index contributed by atoms with van der Waals surface area (Å²) < 4.78 is 7.44. The standard InChI is InChI=1S/C14H18N2O/c1-11(2)12-4-5-14(17-3)13(8-12)9-16-7-6-15-10-16/h4-8,10-11H,9H2,1-3H3. The second kappa shape index (κ2) is 5.04. The fraction of sp³-hybridized carbons (Fsp3) is 0.357. The first kappa shape index (κ1) is 11.7. The molecule has 3 heteroatoms.